The summed E-state index contributed by atoms with van der Waals surface area (Å²) in [6, 6.07) is 0. The number of hydrogen-bond donors (Lipinski definition) is 1. The lowest BCUT2D eigenvalue weighted by molar-refractivity contribution is -0.122. The molecule has 1 atom stereocenters. The van der Waals surface area contributed by atoms with Gasteiger partial charge in [-0.1, -0.05) is 39.0 Å². The molecule has 1 aliphatic carbocycles. The van der Waals surface area contributed by atoms with Crippen molar-refractivity contribution in [2.75, 3.05) is 36.9 Å². The van der Waals surface area contributed by atoms with Crippen LogP contribution in [0.25, 0.3) is 0 Å². The summed E-state index contributed by atoms with van der Waals surface area (Å²) in [6.07, 6.45) is 6.87. The molecule has 2 fully saturated rings. The predicted molar refractivity (Wildman–Crippen MR) is 96.1 cm³/mol. The summed E-state index contributed by atoms with van der Waals surface area (Å²) in [5.41, 5.74) is 0. The van der Waals surface area contributed by atoms with Crippen LogP contribution in [-0.4, -0.2) is 55.5 Å². The molecule has 1 N–H and O–H groups in total. The molecule has 0 radical (unpaired) electrons. The smallest absolute Gasteiger partial charge is 0.220 e. The molecule has 1 saturated carbocycles. The van der Waals surface area contributed by atoms with E-state index >= 15 is 0 Å². The van der Waals surface area contributed by atoms with Crippen molar-refractivity contribution in [2.45, 2.75) is 45.4 Å². The number of nitrogens with one attached hydrogen (secondary N) is 1. The third-order valence-electron chi connectivity index (χ3n) is 5.01. The van der Waals surface area contributed by atoms with Gasteiger partial charge in [0, 0.05) is 37.6 Å². The highest BCUT2D eigenvalue weighted by Gasteiger charge is 2.25. The number of amides is 1. The molecule has 0 unspecified atom stereocenters. The Hall–Kier alpha value is -0.270. The quantitative estimate of drug-likeness (QED) is 0.753. The molecule has 1 saturated heterocycles. The minimum atomic E-state index is -3.22. The molecule has 1 amide bonds. The molecule has 1 aliphatic heterocycles. The first-order valence-electron chi connectivity index (χ1n) is 8.81. The molecule has 0 bridgehead atoms. The Morgan fingerprint density at radius 3 is 2.52 bits per heavy atom. The van der Waals surface area contributed by atoms with Crippen LogP contribution in [0.1, 0.15) is 45.4 Å². The first-order chi connectivity index (χ1) is 11.0. The number of sulfonamides is 1. The average molecular weight is 363 g/mol. The van der Waals surface area contributed by atoms with Crippen molar-refractivity contribution in [3.8, 4) is 0 Å². The fourth-order valence-corrected chi connectivity index (χ4v) is 6.00. The fraction of sp³-hybridized carbons (Fsp3) is 0.938. The van der Waals surface area contributed by atoms with E-state index in [1.165, 1.54) is 32.1 Å². The van der Waals surface area contributed by atoms with E-state index in [9.17, 15) is 13.2 Å². The van der Waals surface area contributed by atoms with Crippen molar-refractivity contribution in [3.05, 3.63) is 0 Å². The van der Waals surface area contributed by atoms with Crippen molar-refractivity contribution >= 4 is 27.7 Å². The fourth-order valence-electron chi connectivity index (χ4n) is 3.51. The molecule has 5 nitrogen and oxygen atoms in total. The number of thioether (sulfide) groups is 1. The van der Waals surface area contributed by atoms with Gasteiger partial charge in [0.25, 0.3) is 0 Å². The van der Waals surface area contributed by atoms with Crippen LogP contribution in [0.4, 0.5) is 0 Å². The van der Waals surface area contributed by atoms with Gasteiger partial charge in [-0.25, -0.2) is 12.7 Å². The van der Waals surface area contributed by atoms with Gasteiger partial charge in [-0.15, -0.1) is 0 Å². The second-order valence-corrected chi connectivity index (χ2v) is 10.1. The van der Waals surface area contributed by atoms with Gasteiger partial charge in [0.05, 0.1) is 5.75 Å². The third-order valence-corrected chi connectivity index (χ3v) is 7.82. The van der Waals surface area contributed by atoms with Gasteiger partial charge in [0.2, 0.25) is 15.9 Å². The first-order valence-corrected chi connectivity index (χ1v) is 11.6. The average Bonchev–Trinajstić information content (AvgIpc) is 2.56. The second kappa shape index (κ2) is 9.28. The summed E-state index contributed by atoms with van der Waals surface area (Å²) < 4.78 is 26.0. The molecule has 2 rings (SSSR count). The minimum absolute atomic E-state index is 0.00697. The van der Waals surface area contributed by atoms with Crippen molar-refractivity contribution in [3.63, 3.8) is 0 Å². The van der Waals surface area contributed by atoms with Crippen molar-refractivity contribution in [1.29, 1.82) is 0 Å². The molecule has 7 heteroatoms. The molecule has 1 heterocycles. The van der Waals surface area contributed by atoms with Gasteiger partial charge in [-0.3, -0.25) is 4.79 Å². The Labute approximate surface area is 145 Å². The normalized spacial score (nSPS) is 22.7. The van der Waals surface area contributed by atoms with Gasteiger partial charge < -0.3 is 5.32 Å². The molecule has 0 aromatic rings. The lowest BCUT2D eigenvalue weighted by atomic mass is 9.79. The highest BCUT2D eigenvalue weighted by atomic mass is 32.2. The monoisotopic (exact) mass is 362 g/mol. The van der Waals surface area contributed by atoms with E-state index in [2.05, 4.69) is 12.2 Å². The Balaban J connectivity index is 1.67. The third kappa shape index (κ3) is 6.27. The second-order valence-electron chi connectivity index (χ2n) is 6.76. The van der Waals surface area contributed by atoms with Crippen LogP contribution >= 0.6 is 11.8 Å². The van der Waals surface area contributed by atoms with Gasteiger partial charge in [0.1, 0.15) is 0 Å². The first kappa shape index (κ1) is 19.1. The highest BCUT2D eigenvalue weighted by molar-refractivity contribution is 7.99. The SMILES string of the molecule is C[C@H](CC(=O)NCCS(=O)(=O)N1CCSCC1)C1CCCCC1. The van der Waals surface area contributed by atoms with Crippen molar-refractivity contribution in [1.82, 2.24) is 9.62 Å². The lowest BCUT2D eigenvalue weighted by Gasteiger charge is -2.27. The molecule has 0 spiro atoms. The maximum absolute atomic E-state index is 12.2. The topological polar surface area (TPSA) is 66.5 Å². The number of rotatable bonds is 7. The molecule has 0 aromatic heterocycles. The molecule has 2 aliphatic rings. The van der Waals surface area contributed by atoms with Crippen molar-refractivity contribution in [2.24, 2.45) is 11.8 Å². The van der Waals surface area contributed by atoms with E-state index in [-0.39, 0.29) is 18.2 Å². The zero-order valence-electron chi connectivity index (χ0n) is 14.1. The Kier molecular flexibility index (Phi) is 7.69. The Bertz CT molecular complexity index is 470. The van der Waals surface area contributed by atoms with Gasteiger partial charge in [-0.2, -0.15) is 11.8 Å². The molecule has 23 heavy (non-hydrogen) atoms. The van der Waals surface area contributed by atoms with Gasteiger partial charge >= 0.3 is 0 Å². The van der Waals surface area contributed by atoms with Crippen LogP contribution in [0.15, 0.2) is 0 Å². The molecule has 0 aromatic carbocycles. The predicted octanol–water partition coefficient (Wildman–Crippen LogP) is 2.09. The van der Waals surface area contributed by atoms with E-state index in [0.717, 1.165) is 11.5 Å². The summed E-state index contributed by atoms with van der Waals surface area (Å²) in [6.45, 7) is 3.57. The van der Waals surface area contributed by atoms with Crippen LogP contribution in [0.2, 0.25) is 0 Å². The van der Waals surface area contributed by atoms with E-state index in [0.29, 0.717) is 31.3 Å². The number of carbonyl (C=O) groups excluding carboxylic acids is 1. The van der Waals surface area contributed by atoms with Crippen LogP contribution in [0.3, 0.4) is 0 Å². The molecule has 134 valence electrons. The van der Waals surface area contributed by atoms with Crippen molar-refractivity contribution < 1.29 is 13.2 Å². The summed E-state index contributed by atoms with van der Waals surface area (Å²) in [5, 5.41) is 2.80. The van der Waals surface area contributed by atoms with Gasteiger partial charge in [0.15, 0.2) is 0 Å². The Morgan fingerprint density at radius 1 is 1.22 bits per heavy atom. The summed E-state index contributed by atoms with van der Waals surface area (Å²) in [5.74, 6) is 2.79. The van der Waals surface area contributed by atoms with E-state index < -0.39 is 10.0 Å². The van der Waals surface area contributed by atoms with Crippen LogP contribution in [0, 0.1) is 11.8 Å². The molecular formula is C16H30N2O3S2. The summed E-state index contributed by atoms with van der Waals surface area (Å²) >= 11 is 1.79. The van der Waals surface area contributed by atoms with E-state index in [4.69, 9.17) is 0 Å². The zero-order valence-corrected chi connectivity index (χ0v) is 15.8. The van der Waals surface area contributed by atoms with Crippen LogP contribution in [0.5, 0.6) is 0 Å². The van der Waals surface area contributed by atoms with E-state index in [1.54, 1.807) is 16.1 Å². The standard InChI is InChI=1S/C16H30N2O3S2/c1-14(15-5-3-2-4-6-15)13-16(19)17-7-12-23(20,21)18-8-10-22-11-9-18/h14-15H,2-13H2,1H3,(H,17,19)/t14-/m1/s1. The zero-order chi connectivity index (χ0) is 16.7. The minimum Gasteiger partial charge on any atom is -0.355 e. The number of nitrogens with zero attached hydrogens (tertiary/aromatic N) is 1. The van der Waals surface area contributed by atoms with E-state index in [1.807, 2.05) is 0 Å². The molecular weight excluding hydrogens is 332 g/mol. The number of hydrogen-bond acceptors (Lipinski definition) is 4. The largest absolute Gasteiger partial charge is 0.355 e. The summed E-state index contributed by atoms with van der Waals surface area (Å²) in [4.78, 5) is 12.0. The lowest BCUT2D eigenvalue weighted by Crippen LogP contribution is -2.42. The maximum atomic E-state index is 12.2. The maximum Gasteiger partial charge on any atom is 0.220 e. The van der Waals surface area contributed by atoms with Gasteiger partial charge in [-0.05, 0) is 11.8 Å². The Morgan fingerprint density at radius 2 is 1.87 bits per heavy atom. The highest BCUT2D eigenvalue weighted by Crippen LogP contribution is 2.31. The van der Waals surface area contributed by atoms with Crippen LogP contribution < -0.4 is 5.32 Å². The van der Waals surface area contributed by atoms with Crippen LogP contribution in [-0.2, 0) is 14.8 Å². The number of carbonyl (C=O) groups is 1. The summed E-state index contributed by atoms with van der Waals surface area (Å²) in [7, 11) is -3.22.